The number of nitrogens with one attached hydrogen (secondary N) is 1. The zero-order valence-corrected chi connectivity index (χ0v) is 13.0. The number of carbonyl (C=O) groups excluding carboxylic acids is 3. The molecule has 4 rings (SSSR count). The Balaban J connectivity index is 1.57. The summed E-state index contributed by atoms with van der Waals surface area (Å²) in [6.07, 6.45) is 0. The Morgan fingerprint density at radius 1 is 1.30 bits per heavy atom. The molecule has 0 aliphatic carbocycles. The molecule has 0 radical (unpaired) electrons. The third-order valence-corrected chi connectivity index (χ3v) is 5.09. The molecule has 2 saturated heterocycles. The number of thiazole rings is 1. The van der Waals surface area contributed by atoms with Crippen LogP contribution in [-0.4, -0.2) is 64.7 Å². The van der Waals surface area contributed by atoms with Crippen LogP contribution in [0.15, 0.2) is 23.7 Å². The van der Waals surface area contributed by atoms with Gasteiger partial charge in [0.05, 0.1) is 28.8 Å². The Morgan fingerprint density at radius 3 is 3.04 bits per heavy atom. The minimum Gasteiger partial charge on any atom is -0.345 e. The number of amides is 3. The van der Waals surface area contributed by atoms with Gasteiger partial charge in [0.1, 0.15) is 6.04 Å². The molecule has 1 aromatic heterocycles. The molecule has 118 valence electrons. The summed E-state index contributed by atoms with van der Waals surface area (Å²) >= 11 is 1.53. The molecule has 0 saturated carbocycles. The maximum atomic E-state index is 12.7. The lowest BCUT2D eigenvalue weighted by Crippen LogP contribution is -2.66. The van der Waals surface area contributed by atoms with E-state index in [2.05, 4.69) is 10.3 Å². The lowest BCUT2D eigenvalue weighted by Gasteiger charge is -2.42. The molecule has 0 unspecified atom stereocenters. The van der Waals surface area contributed by atoms with Crippen LogP contribution in [0.5, 0.6) is 0 Å². The third-order valence-electron chi connectivity index (χ3n) is 4.28. The molecule has 23 heavy (non-hydrogen) atoms. The first kappa shape index (κ1) is 14.1. The normalized spacial score (nSPS) is 21.3. The predicted molar refractivity (Wildman–Crippen MR) is 84.0 cm³/mol. The van der Waals surface area contributed by atoms with Crippen LogP contribution in [0.4, 0.5) is 0 Å². The summed E-state index contributed by atoms with van der Waals surface area (Å²) in [6, 6.07) is 4.85. The van der Waals surface area contributed by atoms with E-state index in [1.165, 1.54) is 11.3 Å². The fourth-order valence-corrected chi connectivity index (χ4v) is 3.70. The Labute approximate surface area is 135 Å². The van der Waals surface area contributed by atoms with Crippen LogP contribution in [0.25, 0.3) is 10.2 Å². The second-order valence-corrected chi connectivity index (χ2v) is 6.49. The average Bonchev–Trinajstić information content (AvgIpc) is 3.05. The van der Waals surface area contributed by atoms with Crippen LogP contribution < -0.4 is 5.32 Å². The number of carbonyl (C=O) groups is 3. The van der Waals surface area contributed by atoms with E-state index in [4.69, 9.17) is 0 Å². The highest BCUT2D eigenvalue weighted by Gasteiger charge is 2.39. The third kappa shape index (κ3) is 2.35. The van der Waals surface area contributed by atoms with Crippen molar-refractivity contribution in [2.75, 3.05) is 26.2 Å². The summed E-state index contributed by atoms with van der Waals surface area (Å²) in [4.78, 5) is 43.9. The first-order chi connectivity index (χ1) is 11.1. The molecule has 1 N–H and O–H groups in total. The van der Waals surface area contributed by atoms with Crippen molar-refractivity contribution in [1.29, 1.82) is 0 Å². The molecule has 1 atom stereocenters. The molecule has 0 spiro atoms. The van der Waals surface area contributed by atoms with E-state index in [0.717, 1.165) is 10.2 Å². The Kier molecular flexibility index (Phi) is 3.26. The molecule has 3 amide bonds. The van der Waals surface area contributed by atoms with Gasteiger partial charge < -0.3 is 15.1 Å². The number of benzene rings is 1. The fourth-order valence-electron chi connectivity index (χ4n) is 3.05. The van der Waals surface area contributed by atoms with E-state index in [0.29, 0.717) is 18.7 Å². The number of piperazine rings is 2. The van der Waals surface area contributed by atoms with Gasteiger partial charge in [-0.25, -0.2) is 4.98 Å². The number of nitrogens with zero attached hydrogens (tertiary/aromatic N) is 3. The van der Waals surface area contributed by atoms with Crippen LogP contribution in [-0.2, 0) is 9.59 Å². The van der Waals surface area contributed by atoms with Crippen molar-refractivity contribution in [3.8, 4) is 0 Å². The topological polar surface area (TPSA) is 82.6 Å². The van der Waals surface area contributed by atoms with Gasteiger partial charge in [-0.2, -0.15) is 0 Å². The van der Waals surface area contributed by atoms with Crippen LogP contribution in [0.1, 0.15) is 10.4 Å². The van der Waals surface area contributed by atoms with Crippen LogP contribution in [0.3, 0.4) is 0 Å². The van der Waals surface area contributed by atoms with Crippen LogP contribution in [0, 0.1) is 0 Å². The van der Waals surface area contributed by atoms with Crippen molar-refractivity contribution in [3.05, 3.63) is 29.3 Å². The summed E-state index contributed by atoms with van der Waals surface area (Å²) in [6.45, 7) is 1.10. The molecular formula is C15H14N4O3S. The van der Waals surface area contributed by atoms with Crippen LogP contribution in [0.2, 0.25) is 0 Å². The molecule has 2 aliphatic rings. The summed E-state index contributed by atoms with van der Waals surface area (Å²) in [5.41, 5.74) is 3.10. The Bertz CT molecular complexity index is 818. The molecule has 7 nitrogen and oxygen atoms in total. The second-order valence-electron chi connectivity index (χ2n) is 5.61. The molecule has 2 fully saturated rings. The summed E-state index contributed by atoms with van der Waals surface area (Å²) in [5.74, 6) is -0.423. The van der Waals surface area contributed by atoms with Gasteiger partial charge >= 0.3 is 0 Å². The van der Waals surface area contributed by atoms with Crippen LogP contribution >= 0.6 is 11.3 Å². The van der Waals surface area contributed by atoms with Gasteiger partial charge in [0.25, 0.3) is 5.91 Å². The van der Waals surface area contributed by atoms with E-state index >= 15 is 0 Å². The minimum absolute atomic E-state index is 0.0454. The van der Waals surface area contributed by atoms with Gasteiger partial charge in [0.2, 0.25) is 11.8 Å². The molecule has 2 aromatic rings. The first-order valence-electron chi connectivity index (χ1n) is 7.33. The van der Waals surface area contributed by atoms with E-state index in [-0.39, 0.29) is 30.8 Å². The summed E-state index contributed by atoms with van der Waals surface area (Å²) < 4.78 is 1.03. The highest BCUT2D eigenvalue weighted by Crippen LogP contribution is 2.21. The summed E-state index contributed by atoms with van der Waals surface area (Å²) in [7, 11) is 0. The molecular weight excluding hydrogens is 316 g/mol. The fraction of sp³-hybridized carbons (Fsp3) is 0.333. The van der Waals surface area contributed by atoms with Crippen molar-refractivity contribution in [1.82, 2.24) is 20.1 Å². The first-order valence-corrected chi connectivity index (χ1v) is 8.21. The zero-order valence-electron chi connectivity index (χ0n) is 12.2. The number of hydrogen-bond acceptors (Lipinski definition) is 5. The highest BCUT2D eigenvalue weighted by atomic mass is 32.1. The number of fused-ring (bicyclic) bond motifs is 2. The monoisotopic (exact) mass is 330 g/mol. The molecule has 2 aliphatic heterocycles. The molecule has 8 heteroatoms. The average molecular weight is 330 g/mol. The largest absolute Gasteiger partial charge is 0.345 e. The van der Waals surface area contributed by atoms with E-state index in [1.54, 1.807) is 27.4 Å². The van der Waals surface area contributed by atoms with Crippen molar-refractivity contribution < 1.29 is 14.4 Å². The van der Waals surface area contributed by atoms with Crippen molar-refractivity contribution in [2.24, 2.45) is 0 Å². The molecule has 3 heterocycles. The Morgan fingerprint density at radius 2 is 2.17 bits per heavy atom. The predicted octanol–water partition coefficient (Wildman–Crippen LogP) is 0.0791. The van der Waals surface area contributed by atoms with Gasteiger partial charge in [-0.1, -0.05) is 0 Å². The standard InChI is InChI=1S/C15H14N4O3S/c20-13-6-16-14(21)11-7-18(3-4-19(11)13)15(22)9-1-2-12-10(5-9)17-8-23-12/h1-2,5,8,11H,3-4,6-7H2,(H,16,21)/t11-/m1/s1. The van der Waals surface area contributed by atoms with E-state index in [1.807, 2.05) is 6.07 Å². The second kappa shape index (κ2) is 5.31. The lowest BCUT2D eigenvalue weighted by molar-refractivity contribution is -0.148. The summed E-state index contributed by atoms with van der Waals surface area (Å²) in [5, 5.41) is 2.57. The van der Waals surface area contributed by atoms with Gasteiger partial charge in [0.15, 0.2) is 0 Å². The van der Waals surface area contributed by atoms with Crippen molar-refractivity contribution in [3.63, 3.8) is 0 Å². The number of rotatable bonds is 1. The van der Waals surface area contributed by atoms with Gasteiger partial charge in [-0.3, -0.25) is 14.4 Å². The number of aromatic nitrogens is 1. The van der Waals surface area contributed by atoms with Gasteiger partial charge in [-0.15, -0.1) is 11.3 Å². The lowest BCUT2D eigenvalue weighted by atomic mass is 10.1. The van der Waals surface area contributed by atoms with Gasteiger partial charge in [0, 0.05) is 18.7 Å². The maximum absolute atomic E-state index is 12.7. The highest BCUT2D eigenvalue weighted by molar-refractivity contribution is 7.16. The Hall–Kier alpha value is -2.48. The quantitative estimate of drug-likeness (QED) is 0.803. The smallest absolute Gasteiger partial charge is 0.254 e. The zero-order chi connectivity index (χ0) is 16.0. The SMILES string of the molecule is O=C1NCC(=O)N2CCN(C(=O)c3ccc4scnc4c3)C[C@H]12. The number of hydrogen-bond donors (Lipinski definition) is 1. The van der Waals surface area contributed by atoms with E-state index < -0.39 is 6.04 Å². The van der Waals surface area contributed by atoms with Crippen molar-refractivity contribution in [2.45, 2.75) is 6.04 Å². The van der Waals surface area contributed by atoms with E-state index in [9.17, 15) is 14.4 Å². The van der Waals surface area contributed by atoms with Gasteiger partial charge in [-0.05, 0) is 18.2 Å². The molecule has 0 bridgehead atoms. The van der Waals surface area contributed by atoms with Crippen molar-refractivity contribution >= 4 is 39.3 Å². The maximum Gasteiger partial charge on any atom is 0.254 e. The minimum atomic E-state index is -0.586. The molecule has 1 aromatic carbocycles.